The Morgan fingerprint density at radius 1 is 1.45 bits per heavy atom. The molecule has 1 atom stereocenters. The fourth-order valence-electron chi connectivity index (χ4n) is 1.20. The van der Waals surface area contributed by atoms with Gasteiger partial charge in [0.2, 0.25) is 0 Å². The van der Waals surface area contributed by atoms with Gasteiger partial charge in [-0.3, -0.25) is 0 Å². The van der Waals surface area contributed by atoms with E-state index in [1.54, 1.807) is 6.92 Å². The van der Waals surface area contributed by atoms with Gasteiger partial charge in [0.1, 0.15) is 5.78 Å². The summed E-state index contributed by atoms with van der Waals surface area (Å²) in [5.74, 6) is 0.751. The van der Waals surface area contributed by atoms with E-state index in [0.29, 0.717) is 12.3 Å². The number of ketones is 1. The van der Waals surface area contributed by atoms with E-state index in [4.69, 9.17) is 5.11 Å². The zero-order chi connectivity index (χ0) is 8.69. The third-order valence-corrected chi connectivity index (χ3v) is 1.74. The van der Waals surface area contributed by atoms with E-state index < -0.39 is 0 Å². The van der Waals surface area contributed by atoms with E-state index >= 15 is 0 Å². The molecule has 0 radical (unpaired) electrons. The highest BCUT2D eigenvalue weighted by Crippen LogP contribution is 2.11. The van der Waals surface area contributed by atoms with Crippen LogP contribution in [-0.4, -0.2) is 17.5 Å². The highest BCUT2D eigenvalue weighted by Gasteiger charge is 2.03. The maximum Gasteiger partial charge on any atom is 0.130 e. The molecular weight excluding hydrogens is 140 g/mol. The van der Waals surface area contributed by atoms with Gasteiger partial charge in [-0.1, -0.05) is 19.8 Å². The molecule has 0 aromatic rings. The van der Waals surface area contributed by atoms with E-state index in [2.05, 4.69) is 6.92 Å². The largest absolute Gasteiger partial charge is 0.396 e. The lowest BCUT2D eigenvalue weighted by Crippen LogP contribution is -2.01. The van der Waals surface area contributed by atoms with Crippen LogP contribution in [0.5, 0.6) is 0 Å². The fourth-order valence-corrected chi connectivity index (χ4v) is 1.20. The van der Waals surface area contributed by atoms with Crippen molar-refractivity contribution in [3.05, 3.63) is 0 Å². The number of rotatable bonds is 6. The van der Waals surface area contributed by atoms with Crippen molar-refractivity contribution in [3.63, 3.8) is 0 Å². The Labute approximate surface area is 68.6 Å². The van der Waals surface area contributed by atoms with Crippen LogP contribution in [0, 0.1) is 5.92 Å². The van der Waals surface area contributed by atoms with Gasteiger partial charge in [0.25, 0.3) is 0 Å². The monoisotopic (exact) mass is 158 g/mol. The number of hydrogen-bond donors (Lipinski definition) is 1. The molecular formula is C9H18O2. The van der Waals surface area contributed by atoms with Crippen molar-refractivity contribution in [1.82, 2.24) is 0 Å². The summed E-state index contributed by atoms with van der Waals surface area (Å²) in [6.45, 7) is 3.98. The van der Waals surface area contributed by atoms with E-state index in [-0.39, 0.29) is 12.4 Å². The lowest BCUT2D eigenvalue weighted by Gasteiger charge is -2.07. The van der Waals surface area contributed by atoms with Crippen molar-refractivity contribution in [2.45, 2.75) is 39.5 Å². The molecule has 0 saturated heterocycles. The molecule has 0 amide bonds. The standard InChI is InChI=1S/C9H18O2/c1-8(7-9(2)11)5-3-4-6-10/h8,10H,3-7H2,1-2H3. The van der Waals surface area contributed by atoms with Crippen LogP contribution < -0.4 is 0 Å². The Morgan fingerprint density at radius 2 is 2.09 bits per heavy atom. The second kappa shape index (κ2) is 6.35. The predicted molar refractivity (Wildman–Crippen MR) is 45.4 cm³/mol. The number of carbonyl (C=O) groups is 1. The highest BCUT2D eigenvalue weighted by atomic mass is 16.2. The van der Waals surface area contributed by atoms with Crippen molar-refractivity contribution < 1.29 is 9.90 Å². The minimum absolute atomic E-state index is 0.265. The summed E-state index contributed by atoms with van der Waals surface area (Å²) < 4.78 is 0. The second-order valence-electron chi connectivity index (χ2n) is 3.23. The lowest BCUT2D eigenvalue weighted by molar-refractivity contribution is -0.117. The molecule has 2 heteroatoms. The summed E-state index contributed by atoms with van der Waals surface area (Å²) in [5.41, 5.74) is 0. The fraction of sp³-hybridized carbons (Fsp3) is 0.889. The maximum absolute atomic E-state index is 10.6. The molecule has 1 N–H and O–H groups in total. The first-order chi connectivity index (χ1) is 5.16. The van der Waals surface area contributed by atoms with Crippen LogP contribution in [0.25, 0.3) is 0 Å². The molecule has 0 heterocycles. The van der Waals surface area contributed by atoms with Crippen LogP contribution in [-0.2, 0) is 4.79 Å². The first-order valence-corrected chi connectivity index (χ1v) is 4.27. The normalized spacial score (nSPS) is 13.0. The predicted octanol–water partition coefficient (Wildman–Crippen LogP) is 1.76. The summed E-state index contributed by atoms with van der Waals surface area (Å²) in [5, 5.41) is 8.49. The lowest BCUT2D eigenvalue weighted by atomic mass is 9.99. The smallest absolute Gasteiger partial charge is 0.130 e. The molecule has 0 aromatic heterocycles. The summed E-state index contributed by atoms with van der Waals surface area (Å²) in [6, 6.07) is 0. The number of carbonyl (C=O) groups excluding carboxylic acids is 1. The maximum atomic E-state index is 10.6. The van der Waals surface area contributed by atoms with Gasteiger partial charge in [0.15, 0.2) is 0 Å². The Morgan fingerprint density at radius 3 is 2.55 bits per heavy atom. The van der Waals surface area contributed by atoms with Crippen LogP contribution in [0.2, 0.25) is 0 Å². The SMILES string of the molecule is CC(=O)CC(C)CCCCO. The van der Waals surface area contributed by atoms with Crippen molar-refractivity contribution >= 4 is 5.78 Å². The van der Waals surface area contributed by atoms with Crippen molar-refractivity contribution in [1.29, 1.82) is 0 Å². The van der Waals surface area contributed by atoms with Gasteiger partial charge in [-0.15, -0.1) is 0 Å². The molecule has 66 valence electrons. The number of aliphatic hydroxyl groups is 1. The Balaban J connectivity index is 3.22. The summed E-state index contributed by atoms with van der Waals surface area (Å²) in [4.78, 5) is 10.6. The van der Waals surface area contributed by atoms with Gasteiger partial charge in [-0.05, 0) is 19.3 Å². The molecule has 0 aliphatic carbocycles. The Kier molecular flexibility index (Phi) is 6.13. The number of aliphatic hydroxyl groups excluding tert-OH is 1. The first kappa shape index (κ1) is 10.6. The topological polar surface area (TPSA) is 37.3 Å². The van der Waals surface area contributed by atoms with E-state index in [1.165, 1.54) is 0 Å². The molecule has 0 aromatic carbocycles. The van der Waals surface area contributed by atoms with E-state index in [1.807, 2.05) is 0 Å². The van der Waals surface area contributed by atoms with Gasteiger partial charge in [0.05, 0.1) is 0 Å². The molecule has 0 saturated carbocycles. The van der Waals surface area contributed by atoms with Crippen molar-refractivity contribution in [3.8, 4) is 0 Å². The number of hydrogen-bond acceptors (Lipinski definition) is 2. The van der Waals surface area contributed by atoms with Crippen LogP contribution in [0.15, 0.2) is 0 Å². The van der Waals surface area contributed by atoms with Gasteiger partial charge in [0, 0.05) is 13.0 Å². The molecule has 0 spiro atoms. The quantitative estimate of drug-likeness (QED) is 0.598. The van der Waals surface area contributed by atoms with Crippen LogP contribution in [0.1, 0.15) is 39.5 Å². The van der Waals surface area contributed by atoms with Crippen molar-refractivity contribution in [2.24, 2.45) is 5.92 Å². The summed E-state index contributed by atoms with van der Waals surface area (Å²) in [6.07, 6.45) is 3.64. The van der Waals surface area contributed by atoms with Gasteiger partial charge in [-0.2, -0.15) is 0 Å². The molecule has 0 rings (SSSR count). The minimum atomic E-state index is 0.265. The highest BCUT2D eigenvalue weighted by molar-refractivity contribution is 5.75. The van der Waals surface area contributed by atoms with Crippen LogP contribution >= 0.6 is 0 Å². The van der Waals surface area contributed by atoms with E-state index in [0.717, 1.165) is 19.3 Å². The third kappa shape index (κ3) is 7.53. The summed E-state index contributed by atoms with van der Waals surface area (Å²) >= 11 is 0. The first-order valence-electron chi connectivity index (χ1n) is 4.27. The number of unbranched alkanes of at least 4 members (excludes halogenated alkanes) is 1. The Hall–Kier alpha value is -0.370. The van der Waals surface area contributed by atoms with E-state index in [9.17, 15) is 4.79 Å². The minimum Gasteiger partial charge on any atom is -0.396 e. The third-order valence-electron chi connectivity index (χ3n) is 1.74. The zero-order valence-corrected chi connectivity index (χ0v) is 7.47. The van der Waals surface area contributed by atoms with Gasteiger partial charge >= 0.3 is 0 Å². The molecule has 1 unspecified atom stereocenters. The van der Waals surface area contributed by atoms with Crippen LogP contribution in [0.4, 0.5) is 0 Å². The average Bonchev–Trinajstić information content (AvgIpc) is 1.86. The molecule has 11 heavy (non-hydrogen) atoms. The second-order valence-corrected chi connectivity index (χ2v) is 3.23. The molecule has 0 aliphatic rings. The summed E-state index contributed by atoms with van der Waals surface area (Å²) in [7, 11) is 0. The van der Waals surface area contributed by atoms with Gasteiger partial charge in [-0.25, -0.2) is 0 Å². The molecule has 0 aliphatic heterocycles. The number of Topliss-reactive ketones (excluding diaryl/α,β-unsaturated/α-hetero) is 1. The molecule has 2 nitrogen and oxygen atoms in total. The van der Waals surface area contributed by atoms with Crippen molar-refractivity contribution in [2.75, 3.05) is 6.61 Å². The average molecular weight is 158 g/mol. The van der Waals surface area contributed by atoms with Crippen LogP contribution in [0.3, 0.4) is 0 Å². The molecule has 0 bridgehead atoms. The zero-order valence-electron chi connectivity index (χ0n) is 7.47. The van der Waals surface area contributed by atoms with Gasteiger partial charge < -0.3 is 9.90 Å². The Bertz CT molecular complexity index is 110. The molecule has 0 fully saturated rings.